The van der Waals surface area contributed by atoms with Crippen LogP contribution >= 0.6 is 0 Å². The number of halogens is 1. The quantitative estimate of drug-likeness (QED) is 0.906. The van der Waals surface area contributed by atoms with Crippen LogP contribution in [0.15, 0.2) is 30.6 Å². The van der Waals surface area contributed by atoms with Crippen molar-refractivity contribution >= 4 is 17.4 Å². The fraction of sp³-hybridized carbons (Fsp3) is 0.214. The lowest BCUT2D eigenvalue weighted by atomic mass is 10.2. The predicted octanol–water partition coefficient (Wildman–Crippen LogP) is 1.86. The molecule has 20 heavy (non-hydrogen) atoms. The Balaban J connectivity index is 1.95. The highest BCUT2D eigenvalue weighted by molar-refractivity contribution is 6.06. The number of amides is 1. The Morgan fingerprint density at radius 1 is 1.40 bits per heavy atom. The van der Waals surface area contributed by atoms with E-state index in [1.807, 2.05) is 0 Å². The molecule has 1 aromatic heterocycles. The molecule has 6 heteroatoms. The minimum atomic E-state index is -0.349. The first kappa shape index (κ1) is 12.5. The average Bonchev–Trinajstić information content (AvgIpc) is 2.89. The first-order chi connectivity index (χ1) is 9.69. The highest BCUT2D eigenvalue weighted by atomic mass is 19.1. The van der Waals surface area contributed by atoms with Gasteiger partial charge in [-0.3, -0.25) is 9.78 Å². The van der Waals surface area contributed by atoms with Gasteiger partial charge >= 0.3 is 0 Å². The number of nitrogens with zero attached hydrogens (tertiary/aromatic N) is 3. The lowest BCUT2D eigenvalue weighted by Crippen LogP contribution is -2.30. The topological polar surface area (TPSA) is 58.1 Å². The molecule has 0 atom stereocenters. The number of rotatable bonds is 2. The zero-order valence-corrected chi connectivity index (χ0v) is 10.9. The van der Waals surface area contributed by atoms with Crippen LogP contribution in [0.4, 0.5) is 15.9 Å². The predicted molar refractivity (Wildman–Crippen MR) is 73.4 cm³/mol. The molecule has 2 heterocycles. The van der Waals surface area contributed by atoms with Crippen LogP contribution in [0.3, 0.4) is 0 Å². The molecule has 1 amide bonds. The van der Waals surface area contributed by atoms with E-state index >= 15 is 0 Å². The molecule has 2 aromatic rings. The number of aromatic nitrogens is 2. The summed E-state index contributed by atoms with van der Waals surface area (Å²) in [5.41, 5.74) is 1.83. The maximum atomic E-state index is 13.3. The van der Waals surface area contributed by atoms with E-state index in [-0.39, 0.29) is 17.4 Å². The van der Waals surface area contributed by atoms with Crippen LogP contribution in [0.2, 0.25) is 0 Å². The summed E-state index contributed by atoms with van der Waals surface area (Å²) in [6.45, 7) is 0.531. The van der Waals surface area contributed by atoms with Crippen molar-refractivity contribution in [3.8, 4) is 0 Å². The number of carbonyl (C=O) groups excluding carboxylic acids is 1. The molecule has 1 aliphatic heterocycles. The third-order valence-corrected chi connectivity index (χ3v) is 3.30. The van der Waals surface area contributed by atoms with E-state index in [4.69, 9.17) is 0 Å². The first-order valence-corrected chi connectivity index (χ1v) is 6.29. The van der Waals surface area contributed by atoms with Gasteiger partial charge in [0.1, 0.15) is 17.3 Å². The highest BCUT2D eigenvalue weighted by Crippen LogP contribution is 2.29. The third kappa shape index (κ3) is 2.09. The van der Waals surface area contributed by atoms with Gasteiger partial charge < -0.3 is 10.2 Å². The van der Waals surface area contributed by atoms with Crippen molar-refractivity contribution in [1.82, 2.24) is 9.97 Å². The minimum Gasteiger partial charge on any atom is -0.372 e. The fourth-order valence-electron chi connectivity index (χ4n) is 2.29. The summed E-state index contributed by atoms with van der Waals surface area (Å²) in [7, 11) is 1.71. The normalized spacial score (nSPS) is 13.2. The van der Waals surface area contributed by atoms with Gasteiger partial charge in [-0.1, -0.05) is 6.07 Å². The van der Waals surface area contributed by atoms with Crippen LogP contribution in [0.25, 0.3) is 0 Å². The summed E-state index contributed by atoms with van der Waals surface area (Å²) in [5, 5.41) is 2.84. The van der Waals surface area contributed by atoms with Gasteiger partial charge in [-0.05, 0) is 24.1 Å². The van der Waals surface area contributed by atoms with Crippen LogP contribution in [-0.2, 0) is 6.42 Å². The van der Waals surface area contributed by atoms with Crippen molar-refractivity contribution < 1.29 is 9.18 Å². The number of benzene rings is 1. The van der Waals surface area contributed by atoms with Gasteiger partial charge in [0.2, 0.25) is 0 Å². The van der Waals surface area contributed by atoms with Crippen molar-refractivity contribution in [2.45, 2.75) is 6.42 Å². The molecule has 0 fully saturated rings. The lowest BCUT2D eigenvalue weighted by Gasteiger charge is -2.16. The number of carbonyl (C=O) groups is 1. The molecule has 0 radical (unpaired) electrons. The summed E-state index contributed by atoms with van der Waals surface area (Å²) in [4.78, 5) is 22.2. The van der Waals surface area contributed by atoms with Gasteiger partial charge in [-0.2, -0.15) is 0 Å². The molecule has 1 aliphatic rings. The summed E-state index contributed by atoms with van der Waals surface area (Å²) < 4.78 is 13.3. The van der Waals surface area contributed by atoms with E-state index in [1.54, 1.807) is 18.0 Å². The van der Waals surface area contributed by atoms with Gasteiger partial charge in [0, 0.05) is 13.6 Å². The molecule has 1 aromatic carbocycles. The molecule has 0 bridgehead atoms. The van der Waals surface area contributed by atoms with Crippen LogP contribution < -0.4 is 10.2 Å². The molecule has 0 aliphatic carbocycles. The number of anilines is 2. The average molecular weight is 272 g/mol. The second-order valence-electron chi connectivity index (χ2n) is 4.52. The second-order valence-corrected chi connectivity index (χ2v) is 4.52. The Hall–Kier alpha value is -2.50. The zero-order valence-electron chi connectivity index (χ0n) is 10.9. The Kier molecular flexibility index (Phi) is 3.06. The number of nitrogens with one attached hydrogen (secondary N) is 1. The fourth-order valence-corrected chi connectivity index (χ4v) is 2.29. The molecular formula is C14H13FN4O. The first-order valence-electron chi connectivity index (χ1n) is 6.29. The van der Waals surface area contributed by atoms with Gasteiger partial charge in [-0.15, -0.1) is 0 Å². The SMILES string of the molecule is CNc1cncc(C(=O)N2CCc3ccc(F)cc32)n1. The molecule has 0 saturated heterocycles. The smallest absolute Gasteiger partial charge is 0.278 e. The van der Waals surface area contributed by atoms with Gasteiger partial charge in [-0.25, -0.2) is 9.37 Å². The summed E-state index contributed by atoms with van der Waals surface area (Å²) >= 11 is 0. The zero-order chi connectivity index (χ0) is 14.1. The minimum absolute atomic E-state index is 0.244. The Bertz CT molecular complexity index is 674. The molecular weight excluding hydrogens is 259 g/mol. The van der Waals surface area contributed by atoms with E-state index in [0.29, 0.717) is 18.1 Å². The van der Waals surface area contributed by atoms with E-state index in [2.05, 4.69) is 15.3 Å². The van der Waals surface area contributed by atoms with Crippen molar-refractivity contribution in [2.75, 3.05) is 23.8 Å². The second kappa shape index (κ2) is 4.88. The highest BCUT2D eigenvalue weighted by Gasteiger charge is 2.27. The van der Waals surface area contributed by atoms with Crippen LogP contribution in [0.5, 0.6) is 0 Å². The number of hydrogen-bond acceptors (Lipinski definition) is 4. The van der Waals surface area contributed by atoms with E-state index in [9.17, 15) is 9.18 Å². The van der Waals surface area contributed by atoms with Crippen molar-refractivity contribution in [1.29, 1.82) is 0 Å². The van der Waals surface area contributed by atoms with Crippen molar-refractivity contribution in [3.63, 3.8) is 0 Å². The van der Waals surface area contributed by atoms with E-state index in [1.165, 1.54) is 24.5 Å². The molecule has 0 unspecified atom stereocenters. The van der Waals surface area contributed by atoms with Crippen LogP contribution in [0.1, 0.15) is 16.1 Å². The van der Waals surface area contributed by atoms with Gasteiger partial charge in [0.05, 0.1) is 18.1 Å². The van der Waals surface area contributed by atoms with Gasteiger partial charge in [0.15, 0.2) is 0 Å². The van der Waals surface area contributed by atoms with Crippen LogP contribution in [0, 0.1) is 5.82 Å². The lowest BCUT2D eigenvalue weighted by molar-refractivity contribution is 0.0984. The molecule has 3 rings (SSSR count). The molecule has 5 nitrogen and oxygen atoms in total. The number of hydrogen-bond donors (Lipinski definition) is 1. The Morgan fingerprint density at radius 2 is 2.25 bits per heavy atom. The molecule has 0 spiro atoms. The third-order valence-electron chi connectivity index (χ3n) is 3.30. The maximum Gasteiger partial charge on any atom is 0.278 e. The van der Waals surface area contributed by atoms with Gasteiger partial charge in [0.25, 0.3) is 5.91 Å². The molecule has 102 valence electrons. The standard InChI is InChI=1S/C14H13FN4O/c1-16-13-8-17-7-11(18-13)14(20)19-5-4-9-2-3-10(15)6-12(9)19/h2-3,6-8H,4-5H2,1H3,(H,16,18). The maximum absolute atomic E-state index is 13.3. The monoisotopic (exact) mass is 272 g/mol. The Morgan fingerprint density at radius 3 is 3.05 bits per heavy atom. The summed E-state index contributed by atoms with van der Waals surface area (Å²) in [5.74, 6) is -0.0908. The Labute approximate surface area is 115 Å². The largest absolute Gasteiger partial charge is 0.372 e. The molecule has 0 saturated carbocycles. The van der Waals surface area contributed by atoms with E-state index in [0.717, 1.165) is 12.0 Å². The summed E-state index contributed by atoms with van der Waals surface area (Å²) in [6.07, 6.45) is 3.68. The van der Waals surface area contributed by atoms with E-state index < -0.39 is 0 Å². The summed E-state index contributed by atoms with van der Waals surface area (Å²) in [6, 6.07) is 4.51. The van der Waals surface area contributed by atoms with Crippen molar-refractivity contribution in [2.24, 2.45) is 0 Å². The van der Waals surface area contributed by atoms with Crippen LogP contribution in [-0.4, -0.2) is 29.5 Å². The molecule has 1 N–H and O–H groups in total. The number of fused-ring (bicyclic) bond motifs is 1. The van der Waals surface area contributed by atoms with Crippen molar-refractivity contribution in [3.05, 3.63) is 47.7 Å².